The van der Waals surface area contributed by atoms with Crippen LogP contribution in [0.4, 0.5) is 5.82 Å². The summed E-state index contributed by atoms with van der Waals surface area (Å²) in [6.45, 7) is -1.35. The number of phosphoric acid groups is 2. The van der Waals surface area contributed by atoms with Gasteiger partial charge in [0.15, 0.2) is 18.0 Å². The fraction of sp³-hybridized carbons (Fsp3) is 0.647. The first-order valence-electron chi connectivity index (χ1n) is 11.1. The number of nitrogens with zero attached hydrogens (tertiary/aromatic N) is 2. The van der Waals surface area contributed by atoms with Crippen LogP contribution in [0.5, 0.6) is 0 Å². The van der Waals surface area contributed by atoms with Crippen molar-refractivity contribution in [2.24, 2.45) is 5.73 Å². The Kier molecular flexibility index (Phi) is 8.66. The highest BCUT2D eigenvalue weighted by atomic mass is 31.3. The lowest BCUT2D eigenvalue weighted by molar-refractivity contribution is -0.273. The minimum Gasteiger partial charge on any atom is -0.388 e. The fourth-order valence-corrected chi connectivity index (χ4v) is 6.19. The second-order valence-corrected chi connectivity index (χ2v) is 11.7. The van der Waals surface area contributed by atoms with Crippen LogP contribution in [-0.2, 0) is 32.0 Å². The lowest BCUT2D eigenvalue weighted by Crippen LogP contribution is -2.59. The highest BCUT2D eigenvalue weighted by molar-refractivity contribution is 7.61. The first kappa shape index (κ1) is 30.1. The largest absolute Gasteiger partial charge is 0.483 e. The fourth-order valence-electron chi connectivity index (χ4n) is 4.03. The molecule has 5 unspecified atom stereocenters. The maximum Gasteiger partial charge on any atom is 0.483 e. The molecule has 12 N–H and O–H groups in total. The van der Waals surface area contributed by atoms with E-state index in [4.69, 9.17) is 20.9 Å². The number of aliphatic hydroxyl groups is 5. The quantitative estimate of drug-likeness (QED) is 0.122. The number of nitrogen functional groups attached to an aromatic ring is 1. The zero-order valence-corrected chi connectivity index (χ0v) is 21.4. The van der Waals surface area contributed by atoms with Crippen LogP contribution in [-0.4, -0.2) is 112 Å². The van der Waals surface area contributed by atoms with E-state index in [2.05, 4.69) is 23.3 Å². The van der Waals surface area contributed by atoms with E-state index >= 15 is 0 Å². The van der Waals surface area contributed by atoms with Crippen molar-refractivity contribution < 1.29 is 67.3 Å². The highest BCUT2D eigenvalue weighted by Crippen LogP contribution is 2.61. The van der Waals surface area contributed by atoms with Gasteiger partial charge in [0.1, 0.15) is 48.5 Å². The predicted molar refractivity (Wildman–Crippen MR) is 124 cm³/mol. The lowest BCUT2D eigenvalue weighted by atomic mass is 9.99. The summed E-state index contributed by atoms with van der Waals surface area (Å²) in [5, 5.41) is 50.3. The molecule has 0 saturated carbocycles. The maximum absolute atomic E-state index is 12.3. The number of aromatic nitrogens is 3. The van der Waals surface area contributed by atoms with Gasteiger partial charge in [-0.3, -0.25) is 13.8 Å². The van der Waals surface area contributed by atoms with Crippen LogP contribution in [0.25, 0.3) is 11.0 Å². The first-order valence-corrected chi connectivity index (χ1v) is 14.1. The van der Waals surface area contributed by atoms with Gasteiger partial charge in [0, 0.05) is 12.6 Å². The van der Waals surface area contributed by atoms with E-state index in [1.54, 1.807) is 0 Å². The van der Waals surface area contributed by atoms with Crippen molar-refractivity contribution in [3.05, 3.63) is 22.7 Å². The zero-order chi connectivity index (χ0) is 28.9. The van der Waals surface area contributed by atoms with Gasteiger partial charge in [0.25, 0.3) is 5.56 Å². The Morgan fingerprint density at radius 3 is 2.33 bits per heavy atom. The second-order valence-electron chi connectivity index (χ2n) is 8.66. The van der Waals surface area contributed by atoms with Crippen molar-refractivity contribution in [3.8, 4) is 0 Å². The smallest absolute Gasteiger partial charge is 0.388 e. The summed E-state index contributed by atoms with van der Waals surface area (Å²) in [5.41, 5.74) is 10.5. The van der Waals surface area contributed by atoms with Crippen LogP contribution in [0.1, 0.15) is 6.23 Å². The van der Waals surface area contributed by atoms with Gasteiger partial charge in [-0.1, -0.05) is 0 Å². The van der Waals surface area contributed by atoms with Gasteiger partial charge in [-0.25, -0.2) is 14.1 Å². The van der Waals surface area contributed by atoms with Crippen LogP contribution < -0.4 is 17.0 Å². The molecule has 0 amide bonds. The number of fused-ring (bicyclic) bond motifs is 1. The number of phosphoric ester groups is 2. The number of hydrogen-bond donors (Lipinski definition) is 10. The van der Waals surface area contributed by atoms with Crippen LogP contribution in [0, 0.1) is 0 Å². The van der Waals surface area contributed by atoms with Crippen molar-refractivity contribution in [1.82, 2.24) is 14.5 Å². The van der Waals surface area contributed by atoms with Crippen molar-refractivity contribution >= 4 is 32.5 Å². The molecule has 4 heterocycles. The standard InChI is InChI=1S/C17H27N5O15P2/c18-2-6-10(23)12(25)14(27)17(35-6)36-39(31,32)37-38(29,30)33-3-7-11(24)13(26)16(34-7)22-4-20-9-5(22)1-8(19)21-15(9)28/h1,4,6-7,10-14,16-17,23-27H,2-3,18H2,(H,29,30)(H,31,32)(H3,19,21,28)/t6?,7-,10-,11+,12+,13?,14?,16-,17-/m1/s1. The van der Waals surface area contributed by atoms with Crippen molar-refractivity contribution in [2.45, 2.75) is 55.2 Å². The molecule has 0 aromatic carbocycles. The minimum absolute atomic E-state index is 0.0217. The molecule has 39 heavy (non-hydrogen) atoms. The molecular formula is C17H27N5O15P2. The summed E-state index contributed by atoms with van der Waals surface area (Å²) in [6, 6.07) is 1.33. The van der Waals surface area contributed by atoms with E-state index in [0.717, 1.165) is 6.33 Å². The van der Waals surface area contributed by atoms with Gasteiger partial charge in [-0.15, -0.1) is 0 Å². The number of anilines is 1. The van der Waals surface area contributed by atoms with Gasteiger partial charge >= 0.3 is 15.6 Å². The molecule has 22 heteroatoms. The summed E-state index contributed by atoms with van der Waals surface area (Å²) in [7, 11) is -11.0. The number of rotatable bonds is 9. The number of aromatic amines is 1. The molecule has 220 valence electrons. The normalized spacial score (nSPS) is 36.6. The van der Waals surface area contributed by atoms with Crippen LogP contribution in [0.2, 0.25) is 0 Å². The van der Waals surface area contributed by atoms with Gasteiger partial charge in [-0.05, 0) is 0 Å². The second kappa shape index (κ2) is 11.2. The number of nitrogens with one attached hydrogen (secondary N) is 1. The topological polar surface area (TPSA) is 325 Å². The molecule has 2 aliphatic heterocycles. The molecule has 2 aromatic rings. The molecule has 4 rings (SSSR count). The Morgan fingerprint density at radius 1 is 1.00 bits per heavy atom. The summed E-state index contributed by atoms with van der Waals surface area (Å²) < 4.78 is 49.6. The van der Waals surface area contributed by atoms with E-state index in [-0.39, 0.29) is 16.9 Å². The summed E-state index contributed by atoms with van der Waals surface area (Å²) in [4.78, 5) is 38.1. The molecule has 20 nitrogen and oxygen atoms in total. The zero-order valence-electron chi connectivity index (χ0n) is 19.6. The molecule has 11 atom stereocenters. The SMILES string of the molecule is NCC1O[C@H](OP(=O)(O)OP(=O)(O)OC[C@H]2O[C@@H](n3cnc4c(=O)[nH]c(N)cc43)C(O)[C@H]2O)C(O)[C@@H](O)[C@@H]1O. The molecule has 0 bridgehead atoms. The number of nitrogens with two attached hydrogens (primary N) is 2. The Hall–Kier alpha value is -1.84. The van der Waals surface area contributed by atoms with Crippen molar-refractivity contribution in [3.63, 3.8) is 0 Å². The summed E-state index contributed by atoms with van der Waals surface area (Å²) in [6.07, 6.45) is -14.1. The van der Waals surface area contributed by atoms with Crippen LogP contribution >= 0.6 is 15.6 Å². The third-order valence-electron chi connectivity index (χ3n) is 5.95. The third kappa shape index (κ3) is 6.25. The average molecular weight is 603 g/mol. The monoisotopic (exact) mass is 603 g/mol. The minimum atomic E-state index is -5.55. The van der Waals surface area contributed by atoms with E-state index in [1.807, 2.05) is 0 Å². The third-order valence-corrected chi connectivity index (χ3v) is 8.56. The van der Waals surface area contributed by atoms with Crippen molar-refractivity contribution in [1.29, 1.82) is 0 Å². The van der Waals surface area contributed by atoms with Crippen LogP contribution in [0.3, 0.4) is 0 Å². The molecule has 2 aromatic heterocycles. The van der Waals surface area contributed by atoms with E-state index in [9.17, 15) is 49.2 Å². The first-order chi connectivity index (χ1) is 18.1. The molecule has 2 aliphatic rings. The number of aliphatic hydroxyl groups excluding tert-OH is 5. The summed E-state index contributed by atoms with van der Waals surface area (Å²) >= 11 is 0. The number of imidazole rings is 1. The number of H-pyrrole nitrogens is 1. The summed E-state index contributed by atoms with van der Waals surface area (Å²) in [5.74, 6) is -0.0217. The highest BCUT2D eigenvalue weighted by Gasteiger charge is 2.49. The predicted octanol–water partition coefficient (Wildman–Crippen LogP) is -4.06. The van der Waals surface area contributed by atoms with Gasteiger partial charge in [0.05, 0.1) is 18.5 Å². The average Bonchev–Trinajstić information content (AvgIpc) is 3.38. The maximum atomic E-state index is 12.3. The molecule has 0 aliphatic carbocycles. The Balaban J connectivity index is 1.39. The molecule has 0 spiro atoms. The lowest BCUT2D eigenvalue weighted by Gasteiger charge is -2.39. The number of hydrogen-bond acceptors (Lipinski definition) is 16. The van der Waals surface area contributed by atoms with Gasteiger partial charge in [0.2, 0.25) is 0 Å². The van der Waals surface area contributed by atoms with Crippen molar-refractivity contribution in [2.75, 3.05) is 18.9 Å². The molecule has 2 fully saturated rings. The molecule has 2 saturated heterocycles. The van der Waals surface area contributed by atoms with Gasteiger partial charge < -0.3 is 65.8 Å². The molecular weight excluding hydrogens is 576 g/mol. The number of ether oxygens (including phenoxy) is 2. The van der Waals surface area contributed by atoms with E-state index in [0.29, 0.717) is 0 Å². The Morgan fingerprint density at radius 2 is 1.67 bits per heavy atom. The Labute approximate surface area is 217 Å². The van der Waals surface area contributed by atoms with Crippen LogP contribution in [0.15, 0.2) is 17.2 Å². The Bertz CT molecular complexity index is 1340. The number of pyridine rings is 1. The van der Waals surface area contributed by atoms with E-state index < -0.39 is 89.6 Å². The van der Waals surface area contributed by atoms with E-state index in [1.165, 1.54) is 10.6 Å². The molecule has 0 radical (unpaired) electrons. The van der Waals surface area contributed by atoms with Gasteiger partial charge in [-0.2, -0.15) is 4.31 Å².